The second kappa shape index (κ2) is 16.8. The standard InChI is InChI=1S/C74H47NO2/c1-2-19-48(20-3-1)49-21-16-24-54(43-49)75(55-25-17-22-50(44-55)52-40-42-63-60(46-52)58-28-5-7-30-62(58)73(63)64-31-8-12-35-69(64)76-70-36-13-9-32-65(70)73)56-26-18-23-51(45-56)53-39-41-59-57-27-4-6-29-61(57)74(68(59)47-53)66-33-10-14-37-71(66)77-72-38-15-11-34-67(72)74/h1-47H. The molecule has 0 amide bonds. The number of anilines is 3. The minimum Gasteiger partial charge on any atom is -0.457 e. The van der Waals surface area contributed by atoms with Crippen molar-refractivity contribution in [3.8, 4) is 78.6 Å². The van der Waals surface area contributed by atoms with Crippen molar-refractivity contribution >= 4 is 17.1 Å². The molecule has 12 aromatic rings. The van der Waals surface area contributed by atoms with Crippen molar-refractivity contribution in [3.05, 3.63) is 330 Å². The highest BCUT2D eigenvalue weighted by Crippen LogP contribution is 2.64. The molecule has 77 heavy (non-hydrogen) atoms. The van der Waals surface area contributed by atoms with E-state index in [1.165, 1.54) is 61.2 Å². The first kappa shape index (κ1) is 43.4. The summed E-state index contributed by atoms with van der Waals surface area (Å²) in [6.45, 7) is 0. The quantitative estimate of drug-likeness (QED) is 0.166. The Morgan fingerprint density at radius 1 is 0.208 bits per heavy atom. The Hall–Kier alpha value is -9.96. The highest BCUT2D eigenvalue weighted by molar-refractivity contribution is 5.93. The predicted octanol–water partition coefficient (Wildman–Crippen LogP) is 19.1. The molecule has 0 atom stereocenters. The van der Waals surface area contributed by atoms with Crippen LogP contribution in [-0.2, 0) is 10.8 Å². The Morgan fingerprint density at radius 2 is 0.545 bits per heavy atom. The summed E-state index contributed by atoms with van der Waals surface area (Å²) >= 11 is 0. The second-order valence-electron chi connectivity index (χ2n) is 20.7. The van der Waals surface area contributed by atoms with Crippen molar-refractivity contribution in [1.29, 1.82) is 0 Å². The summed E-state index contributed by atoms with van der Waals surface area (Å²) in [5.41, 5.74) is 23.7. The van der Waals surface area contributed by atoms with Gasteiger partial charge in [0.25, 0.3) is 0 Å². The molecule has 0 bridgehead atoms. The molecule has 3 heteroatoms. The van der Waals surface area contributed by atoms with Crippen LogP contribution in [0, 0.1) is 0 Å². The van der Waals surface area contributed by atoms with E-state index in [-0.39, 0.29) is 0 Å². The maximum absolute atomic E-state index is 6.68. The average molecular weight is 982 g/mol. The van der Waals surface area contributed by atoms with Crippen LogP contribution >= 0.6 is 0 Å². The summed E-state index contributed by atoms with van der Waals surface area (Å²) in [6, 6.07) is 104. The summed E-state index contributed by atoms with van der Waals surface area (Å²) < 4.78 is 13.3. The lowest BCUT2D eigenvalue weighted by atomic mass is 9.66. The summed E-state index contributed by atoms with van der Waals surface area (Å²) in [6.07, 6.45) is 0. The third-order valence-electron chi connectivity index (χ3n) is 16.8. The Labute approximate surface area is 448 Å². The number of fused-ring (bicyclic) bond motifs is 18. The zero-order valence-corrected chi connectivity index (χ0v) is 41.9. The van der Waals surface area contributed by atoms with E-state index in [2.05, 4.69) is 290 Å². The molecule has 16 rings (SSSR count). The van der Waals surface area contributed by atoms with E-state index in [4.69, 9.17) is 9.47 Å². The second-order valence-corrected chi connectivity index (χ2v) is 20.7. The van der Waals surface area contributed by atoms with Crippen LogP contribution in [0.25, 0.3) is 55.6 Å². The topological polar surface area (TPSA) is 21.7 Å². The fourth-order valence-electron chi connectivity index (χ4n) is 13.6. The zero-order chi connectivity index (χ0) is 50.7. The molecule has 0 radical (unpaired) electrons. The van der Waals surface area contributed by atoms with Gasteiger partial charge in [-0.25, -0.2) is 0 Å². The van der Waals surface area contributed by atoms with Gasteiger partial charge < -0.3 is 14.4 Å². The van der Waals surface area contributed by atoms with E-state index in [1.807, 2.05) is 0 Å². The maximum Gasteiger partial charge on any atom is 0.132 e. The van der Waals surface area contributed by atoms with Crippen molar-refractivity contribution in [2.75, 3.05) is 4.90 Å². The number of benzene rings is 12. The monoisotopic (exact) mass is 981 g/mol. The van der Waals surface area contributed by atoms with Gasteiger partial charge in [-0.2, -0.15) is 0 Å². The van der Waals surface area contributed by atoms with Crippen LogP contribution in [0.5, 0.6) is 23.0 Å². The van der Waals surface area contributed by atoms with Gasteiger partial charge in [-0.1, -0.05) is 212 Å². The highest BCUT2D eigenvalue weighted by Gasteiger charge is 2.52. The van der Waals surface area contributed by atoms with Crippen molar-refractivity contribution in [1.82, 2.24) is 0 Å². The van der Waals surface area contributed by atoms with Crippen molar-refractivity contribution in [3.63, 3.8) is 0 Å². The fourth-order valence-corrected chi connectivity index (χ4v) is 13.6. The lowest BCUT2D eigenvalue weighted by Gasteiger charge is -2.39. The van der Waals surface area contributed by atoms with Crippen LogP contribution in [0.4, 0.5) is 17.1 Å². The average Bonchev–Trinajstić information content (AvgIpc) is 4.09. The van der Waals surface area contributed by atoms with E-state index >= 15 is 0 Å². The number of ether oxygens (including phenoxy) is 2. The number of rotatable bonds is 6. The minimum atomic E-state index is -0.560. The molecule has 0 N–H and O–H groups in total. The largest absolute Gasteiger partial charge is 0.457 e. The fraction of sp³-hybridized carbons (Fsp3) is 0.0270. The lowest BCUT2D eigenvalue weighted by Crippen LogP contribution is -2.32. The van der Waals surface area contributed by atoms with E-state index in [0.29, 0.717) is 0 Å². The molecule has 4 aliphatic rings. The van der Waals surface area contributed by atoms with Gasteiger partial charge in [-0.3, -0.25) is 0 Å². The van der Waals surface area contributed by atoms with Gasteiger partial charge >= 0.3 is 0 Å². The predicted molar refractivity (Wildman–Crippen MR) is 312 cm³/mol. The molecular weight excluding hydrogens is 935 g/mol. The van der Waals surface area contributed by atoms with E-state index in [9.17, 15) is 0 Å². The summed E-state index contributed by atoms with van der Waals surface area (Å²) in [5.74, 6) is 3.57. The molecule has 2 aliphatic heterocycles. The molecule has 12 aromatic carbocycles. The van der Waals surface area contributed by atoms with E-state index < -0.39 is 10.8 Å². The lowest BCUT2D eigenvalue weighted by molar-refractivity contribution is 0.436. The van der Waals surface area contributed by atoms with Crippen LogP contribution in [0.3, 0.4) is 0 Å². The van der Waals surface area contributed by atoms with Gasteiger partial charge in [0.05, 0.1) is 10.8 Å². The van der Waals surface area contributed by atoms with Crippen molar-refractivity contribution in [2.45, 2.75) is 10.8 Å². The van der Waals surface area contributed by atoms with E-state index in [0.717, 1.165) is 79.0 Å². The van der Waals surface area contributed by atoms with Crippen molar-refractivity contribution in [2.24, 2.45) is 0 Å². The summed E-state index contributed by atoms with van der Waals surface area (Å²) in [4.78, 5) is 2.42. The zero-order valence-electron chi connectivity index (χ0n) is 41.9. The van der Waals surface area contributed by atoms with Crippen LogP contribution < -0.4 is 14.4 Å². The molecule has 0 aromatic heterocycles. The van der Waals surface area contributed by atoms with Crippen LogP contribution in [0.1, 0.15) is 44.5 Å². The smallest absolute Gasteiger partial charge is 0.132 e. The molecule has 3 nitrogen and oxygen atoms in total. The Balaban J connectivity index is 0.850. The minimum absolute atomic E-state index is 0.521. The summed E-state index contributed by atoms with van der Waals surface area (Å²) in [7, 11) is 0. The normalized spacial score (nSPS) is 13.9. The van der Waals surface area contributed by atoms with Crippen LogP contribution in [0.2, 0.25) is 0 Å². The number of hydrogen-bond acceptors (Lipinski definition) is 3. The molecule has 0 fully saturated rings. The SMILES string of the molecule is c1ccc(-c2cccc(N(c3cccc(-c4ccc5c(c4)-c4ccccc4C54c5ccccc5Oc5ccccc54)c3)c3cccc(-c4ccc5c(c4)C4(c6ccccc6Oc6ccccc64)c4ccccc4-5)c3)c2)cc1. The van der Waals surface area contributed by atoms with Gasteiger partial charge in [-0.05, 0) is 151 Å². The molecule has 0 unspecified atom stereocenters. The molecule has 2 spiro atoms. The molecule has 0 saturated heterocycles. The molecule has 2 aliphatic carbocycles. The Kier molecular flexibility index (Phi) is 9.47. The first-order valence-electron chi connectivity index (χ1n) is 26.6. The third-order valence-corrected chi connectivity index (χ3v) is 16.8. The molecule has 360 valence electrons. The summed E-state index contributed by atoms with van der Waals surface area (Å²) in [5, 5.41) is 0. The highest BCUT2D eigenvalue weighted by atomic mass is 16.5. The number of nitrogens with zero attached hydrogens (tertiary/aromatic N) is 1. The Bertz CT molecular complexity index is 4290. The first-order chi connectivity index (χ1) is 38.2. The van der Waals surface area contributed by atoms with Gasteiger partial charge in [0.1, 0.15) is 23.0 Å². The molecule has 2 heterocycles. The number of hydrogen-bond donors (Lipinski definition) is 0. The molecule has 0 saturated carbocycles. The first-order valence-corrected chi connectivity index (χ1v) is 26.6. The van der Waals surface area contributed by atoms with Gasteiger partial charge in [0.2, 0.25) is 0 Å². The maximum atomic E-state index is 6.68. The Morgan fingerprint density at radius 3 is 1.05 bits per heavy atom. The van der Waals surface area contributed by atoms with Gasteiger partial charge in [0, 0.05) is 39.3 Å². The van der Waals surface area contributed by atoms with Gasteiger partial charge in [0.15, 0.2) is 0 Å². The third kappa shape index (κ3) is 6.26. The van der Waals surface area contributed by atoms with Gasteiger partial charge in [-0.15, -0.1) is 0 Å². The van der Waals surface area contributed by atoms with Crippen LogP contribution in [-0.4, -0.2) is 0 Å². The number of para-hydroxylation sites is 4. The van der Waals surface area contributed by atoms with Crippen molar-refractivity contribution < 1.29 is 9.47 Å². The van der Waals surface area contributed by atoms with Crippen LogP contribution in [0.15, 0.2) is 285 Å². The van der Waals surface area contributed by atoms with E-state index in [1.54, 1.807) is 0 Å². The molecular formula is C74H47NO2.